The Morgan fingerprint density at radius 1 is 1.19 bits per heavy atom. The van der Waals surface area contributed by atoms with Gasteiger partial charge in [-0.1, -0.05) is 23.7 Å². The number of amides is 2. The Kier molecular flexibility index (Phi) is 5.78. The van der Waals surface area contributed by atoms with E-state index in [1.54, 1.807) is 36.3 Å². The molecule has 5 nitrogen and oxygen atoms in total. The normalized spacial score (nSPS) is 14.2. The number of benzene rings is 2. The molecule has 2 aromatic carbocycles. The number of hydrogen-bond acceptors (Lipinski definition) is 3. The lowest BCUT2D eigenvalue weighted by molar-refractivity contribution is -0.119. The van der Waals surface area contributed by atoms with Gasteiger partial charge in [0.25, 0.3) is 0 Å². The molecule has 1 aliphatic rings. The molecule has 6 heteroatoms. The number of nitrogens with one attached hydrogen (secondary N) is 1. The Hall–Kier alpha value is -2.53. The van der Waals surface area contributed by atoms with Crippen LogP contribution in [0.2, 0.25) is 5.02 Å². The second kappa shape index (κ2) is 8.23. The maximum Gasteiger partial charge on any atom is 0.228 e. The third-order valence-corrected chi connectivity index (χ3v) is 4.61. The van der Waals surface area contributed by atoms with Crippen molar-refractivity contribution >= 4 is 34.8 Å². The van der Waals surface area contributed by atoms with E-state index in [9.17, 15) is 9.59 Å². The number of carbonyl (C=O) groups is 2. The number of methoxy groups -OCH3 is 1. The fourth-order valence-corrected chi connectivity index (χ4v) is 3.16. The molecule has 1 saturated heterocycles. The zero-order valence-corrected chi connectivity index (χ0v) is 15.4. The first-order chi connectivity index (χ1) is 12.6. The first kappa shape index (κ1) is 18.3. The van der Waals surface area contributed by atoms with E-state index in [0.29, 0.717) is 29.4 Å². The quantitative estimate of drug-likeness (QED) is 0.861. The lowest BCUT2D eigenvalue weighted by Crippen LogP contribution is -2.35. The number of piperidine rings is 1. The smallest absolute Gasteiger partial charge is 0.228 e. The topological polar surface area (TPSA) is 58.6 Å². The van der Waals surface area contributed by atoms with E-state index in [1.807, 2.05) is 18.2 Å². The van der Waals surface area contributed by atoms with Crippen molar-refractivity contribution in [1.29, 1.82) is 0 Å². The van der Waals surface area contributed by atoms with E-state index < -0.39 is 0 Å². The van der Waals surface area contributed by atoms with Gasteiger partial charge in [-0.15, -0.1) is 0 Å². The van der Waals surface area contributed by atoms with Crippen LogP contribution in [-0.2, 0) is 16.0 Å². The molecule has 0 unspecified atom stereocenters. The van der Waals surface area contributed by atoms with E-state index in [0.717, 1.165) is 24.1 Å². The predicted octanol–water partition coefficient (Wildman–Crippen LogP) is 4.05. The standard InChI is InChI=1S/C20H21ClN2O3/c1-26-18-13-16(9-10-17(18)23-11-3-2-4-20(23)25)22-19(24)12-14-5-7-15(21)8-6-14/h5-10,13H,2-4,11-12H2,1H3,(H,22,24). The molecule has 1 aliphatic heterocycles. The Balaban J connectivity index is 1.71. The van der Waals surface area contributed by atoms with E-state index in [2.05, 4.69) is 5.32 Å². The lowest BCUT2D eigenvalue weighted by atomic mass is 10.1. The number of rotatable bonds is 5. The van der Waals surface area contributed by atoms with E-state index in [-0.39, 0.29) is 18.2 Å². The summed E-state index contributed by atoms with van der Waals surface area (Å²) < 4.78 is 5.44. The van der Waals surface area contributed by atoms with Gasteiger partial charge in [-0.3, -0.25) is 9.59 Å². The SMILES string of the molecule is COc1cc(NC(=O)Cc2ccc(Cl)cc2)ccc1N1CCCCC1=O. The molecule has 1 N–H and O–H groups in total. The number of ether oxygens (including phenoxy) is 1. The third kappa shape index (κ3) is 4.35. The molecule has 1 fully saturated rings. The van der Waals surface area contributed by atoms with Gasteiger partial charge in [0.2, 0.25) is 11.8 Å². The molecule has 3 rings (SSSR count). The van der Waals surface area contributed by atoms with Gasteiger partial charge in [-0.25, -0.2) is 0 Å². The van der Waals surface area contributed by atoms with Crippen LogP contribution in [0.25, 0.3) is 0 Å². The van der Waals surface area contributed by atoms with Gasteiger partial charge in [0.05, 0.1) is 19.2 Å². The van der Waals surface area contributed by atoms with Gasteiger partial charge in [0.15, 0.2) is 0 Å². The fourth-order valence-electron chi connectivity index (χ4n) is 3.03. The van der Waals surface area contributed by atoms with Crippen molar-refractivity contribution in [1.82, 2.24) is 0 Å². The maximum atomic E-state index is 12.3. The zero-order chi connectivity index (χ0) is 18.5. The summed E-state index contributed by atoms with van der Waals surface area (Å²) in [7, 11) is 1.56. The van der Waals surface area contributed by atoms with Crippen LogP contribution in [0, 0.1) is 0 Å². The molecule has 0 aromatic heterocycles. The van der Waals surface area contributed by atoms with Crippen molar-refractivity contribution in [3.63, 3.8) is 0 Å². The summed E-state index contributed by atoms with van der Waals surface area (Å²) in [5.41, 5.74) is 2.26. The van der Waals surface area contributed by atoms with Crippen LogP contribution in [-0.4, -0.2) is 25.5 Å². The molecule has 0 atom stereocenters. The second-order valence-corrected chi connectivity index (χ2v) is 6.68. The Labute approximate surface area is 157 Å². The third-order valence-electron chi connectivity index (χ3n) is 4.36. The van der Waals surface area contributed by atoms with Gasteiger partial charge in [0.1, 0.15) is 5.75 Å². The summed E-state index contributed by atoms with van der Waals surface area (Å²) >= 11 is 5.86. The van der Waals surface area contributed by atoms with E-state index in [1.165, 1.54) is 0 Å². The monoisotopic (exact) mass is 372 g/mol. The largest absolute Gasteiger partial charge is 0.494 e. The highest BCUT2D eigenvalue weighted by atomic mass is 35.5. The molecular weight excluding hydrogens is 352 g/mol. The highest BCUT2D eigenvalue weighted by Gasteiger charge is 2.22. The van der Waals surface area contributed by atoms with Crippen molar-refractivity contribution in [2.45, 2.75) is 25.7 Å². The zero-order valence-electron chi connectivity index (χ0n) is 14.6. The minimum Gasteiger partial charge on any atom is -0.494 e. The molecule has 0 bridgehead atoms. The number of hydrogen-bond donors (Lipinski definition) is 1. The van der Waals surface area contributed by atoms with E-state index >= 15 is 0 Å². The summed E-state index contributed by atoms with van der Waals surface area (Å²) in [4.78, 5) is 26.2. The predicted molar refractivity (Wildman–Crippen MR) is 103 cm³/mol. The summed E-state index contributed by atoms with van der Waals surface area (Å²) in [5.74, 6) is 0.551. The van der Waals surface area contributed by atoms with Crippen molar-refractivity contribution in [2.24, 2.45) is 0 Å². The molecule has 0 spiro atoms. The highest BCUT2D eigenvalue weighted by Crippen LogP contribution is 2.33. The Morgan fingerprint density at radius 2 is 1.96 bits per heavy atom. The van der Waals surface area contributed by atoms with Crippen LogP contribution in [0.15, 0.2) is 42.5 Å². The molecular formula is C20H21ClN2O3. The molecule has 0 radical (unpaired) electrons. The first-order valence-corrected chi connectivity index (χ1v) is 8.97. The van der Waals surface area contributed by atoms with Crippen molar-refractivity contribution < 1.29 is 14.3 Å². The average molecular weight is 373 g/mol. The highest BCUT2D eigenvalue weighted by molar-refractivity contribution is 6.30. The maximum absolute atomic E-state index is 12.3. The molecule has 2 amide bonds. The van der Waals surface area contributed by atoms with Crippen molar-refractivity contribution in [2.75, 3.05) is 23.9 Å². The minimum atomic E-state index is -0.129. The minimum absolute atomic E-state index is 0.106. The summed E-state index contributed by atoms with van der Waals surface area (Å²) in [6.07, 6.45) is 2.72. The van der Waals surface area contributed by atoms with Crippen LogP contribution in [0.4, 0.5) is 11.4 Å². The molecule has 0 aliphatic carbocycles. The molecule has 2 aromatic rings. The average Bonchev–Trinajstić information content (AvgIpc) is 2.64. The summed E-state index contributed by atoms with van der Waals surface area (Å²) in [6.45, 7) is 0.692. The van der Waals surface area contributed by atoms with Crippen molar-refractivity contribution in [3.05, 3.63) is 53.1 Å². The van der Waals surface area contributed by atoms with Crippen LogP contribution < -0.4 is 15.0 Å². The van der Waals surface area contributed by atoms with Crippen molar-refractivity contribution in [3.8, 4) is 5.75 Å². The Morgan fingerprint density at radius 3 is 2.65 bits per heavy atom. The molecule has 26 heavy (non-hydrogen) atoms. The van der Waals surface area contributed by atoms with E-state index in [4.69, 9.17) is 16.3 Å². The van der Waals surface area contributed by atoms with Crippen LogP contribution >= 0.6 is 11.6 Å². The fraction of sp³-hybridized carbons (Fsp3) is 0.300. The number of nitrogens with zero attached hydrogens (tertiary/aromatic N) is 1. The second-order valence-electron chi connectivity index (χ2n) is 6.24. The van der Waals surface area contributed by atoms with Gasteiger partial charge >= 0.3 is 0 Å². The number of anilines is 2. The van der Waals surface area contributed by atoms with Crippen LogP contribution in [0.5, 0.6) is 5.75 Å². The number of carbonyl (C=O) groups excluding carboxylic acids is 2. The molecule has 0 saturated carbocycles. The van der Waals surface area contributed by atoms with Crippen LogP contribution in [0.1, 0.15) is 24.8 Å². The summed E-state index contributed by atoms with van der Waals surface area (Å²) in [6, 6.07) is 12.5. The summed E-state index contributed by atoms with van der Waals surface area (Å²) in [5, 5.41) is 3.51. The first-order valence-electron chi connectivity index (χ1n) is 8.59. The lowest BCUT2D eigenvalue weighted by Gasteiger charge is -2.28. The molecule has 1 heterocycles. The number of halogens is 1. The Bertz CT molecular complexity index is 805. The van der Waals surface area contributed by atoms with Crippen LogP contribution in [0.3, 0.4) is 0 Å². The molecule has 136 valence electrons. The van der Waals surface area contributed by atoms with Gasteiger partial charge in [0, 0.05) is 29.7 Å². The van der Waals surface area contributed by atoms with Gasteiger partial charge in [-0.2, -0.15) is 0 Å². The van der Waals surface area contributed by atoms with Gasteiger partial charge in [-0.05, 0) is 42.7 Å². The van der Waals surface area contributed by atoms with Gasteiger partial charge < -0.3 is 15.0 Å².